The molecule has 0 heterocycles. The lowest BCUT2D eigenvalue weighted by Crippen LogP contribution is -2.70. The third kappa shape index (κ3) is 7.65. The molecule has 5 heteroatoms. The number of carbonyl (C=O) groups is 2. The molecule has 1 atom stereocenters. The van der Waals surface area contributed by atoms with Crippen molar-refractivity contribution in [3.8, 4) is 0 Å². The van der Waals surface area contributed by atoms with Crippen LogP contribution in [0.15, 0.2) is 0 Å². The molecule has 0 saturated heterocycles. The number of carboxylic acids is 1. The summed E-state index contributed by atoms with van der Waals surface area (Å²) in [6, 6.07) is 0. The quantitative estimate of drug-likeness (QED) is 0.285. The molecule has 2 N–H and O–H groups in total. The van der Waals surface area contributed by atoms with Crippen LogP contribution in [0.1, 0.15) is 84.5 Å². The fourth-order valence-corrected chi connectivity index (χ4v) is 3.11. The Balaban J connectivity index is 4.09. The van der Waals surface area contributed by atoms with Crippen molar-refractivity contribution in [2.45, 2.75) is 90.1 Å². The van der Waals surface area contributed by atoms with Gasteiger partial charge in [-0.15, -0.1) is 0 Å². The molecule has 0 saturated carbocycles. The fraction of sp³-hybridized carbons (Fsp3) is 0.895. The van der Waals surface area contributed by atoms with E-state index in [1.54, 1.807) is 28.1 Å². The van der Waals surface area contributed by atoms with Crippen LogP contribution in [-0.2, 0) is 9.59 Å². The molecule has 0 spiro atoms. The van der Waals surface area contributed by atoms with Crippen LogP contribution in [0.25, 0.3) is 0 Å². The Labute approximate surface area is 148 Å². The molecule has 0 aliphatic rings. The first kappa shape index (κ1) is 22.9. The number of unbranched alkanes of at least 4 members (excludes halogenated alkanes) is 8. The Bertz CT molecular complexity index is 377. The predicted molar refractivity (Wildman–Crippen MR) is 98.7 cm³/mol. The summed E-state index contributed by atoms with van der Waals surface area (Å²) in [6.45, 7) is 4.03. The van der Waals surface area contributed by atoms with Gasteiger partial charge in [-0.3, -0.25) is 14.6 Å². The topological polar surface area (TPSA) is 66.4 Å². The van der Waals surface area contributed by atoms with Crippen molar-refractivity contribution in [2.24, 2.45) is 0 Å². The number of hydrogen-bond donors (Lipinski definition) is 2. The van der Waals surface area contributed by atoms with Gasteiger partial charge in [0.2, 0.25) is 5.91 Å². The van der Waals surface area contributed by atoms with Crippen molar-refractivity contribution >= 4 is 11.9 Å². The Hall–Kier alpha value is -1.10. The zero-order chi connectivity index (χ0) is 18.6. The normalized spacial score (nSPS) is 14.2. The maximum Gasteiger partial charge on any atom is 0.388 e. The summed E-state index contributed by atoms with van der Waals surface area (Å²) in [5.74, 6) is -1.13. The number of hydrogen-bond acceptors (Lipinski definition) is 2. The molecule has 1 unspecified atom stereocenters. The number of nitrogens with zero attached hydrogens (tertiary/aromatic N) is 1. The highest BCUT2D eigenvalue weighted by atomic mass is 16.4. The second-order valence-corrected chi connectivity index (χ2v) is 7.66. The Morgan fingerprint density at radius 3 is 1.71 bits per heavy atom. The molecule has 0 aromatic heterocycles. The first-order chi connectivity index (χ1) is 11.2. The largest absolute Gasteiger partial charge is 0.475 e. The van der Waals surface area contributed by atoms with E-state index in [1.165, 1.54) is 38.5 Å². The van der Waals surface area contributed by atoms with Crippen LogP contribution in [0.5, 0.6) is 0 Å². The maximum atomic E-state index is 12.2. The molecule has 0 aliphatic heterocycles. The van der Waals surface area contributed by atoms with E-state index in [2.05, 4.69) is 12.2 Å². The molecule has 0 fully saturated rings. The smallest absolute Gasteiger partial charge is 0.388 e. The van der Waals surface area contributed by atoms with Crippen LogP contribution in [0.3, 0.4) is 0 Å². The summed E-state index contributed by atoms with van der Waals surface area (Å²) in [6.07, 6.45) is 11.6. The second kappa shape index (κ2) is 11.5. The summed E-state index contributed by atoms with van der Waals surface area (Å²) in [5, 5.41) is 12.4. The second-order valence-electron chi connectivity index (χ2n) is 7.66. The zero-order valence-corrected chi connectivity index (χ0v) is 16.5. The van der Waals surface area contributed by atoms with Crippen LogP contribution < -0.4 is 5.32 Å². The van der Waals surface area contributed by atoms with Gasteiger partial charge in [-0.25, -0.2) is 4.79 Å². The summed E-state index contributed by atoms with van der Waals surface area (Å²) in [5.41, 5.74) is -1.25. The Morgan fingerprint density at radius 1 is 0.875 bits per heavy atom. The Morgan fingerprint density at radius 2 is 1.33 bits per heavy atom. The molecular formula is C19H39N2O3+. The van der Waals surface area contributed by atoms with Gasteiger partial charge in [0.15, 0.2) is 0 Å². The van der Waals surface area contributed by atoms with Gasteiger partial charge in [-0.05, 0) is 6.42 Å². The highest BCUT2D eigenvalue weighted by Crippen LogP contribution is 2.21. The van der Waals surface area contributed by atoms with Crippen LogP contribution in [0, 0.1) is 0 Å². The molecule has 0 aromatic rings. The molecule has 0 bridgehead atoms. The van der Waals surface area contributed by atoms with E-state index < -0.39 is 11.6 Å². The summed E-state index contributed by atoms with van der Waals surface area (Å²) >= 11 is 0. The van der Waals surface area contributed by atoms with Gasteiger partial charge in [0.25, 0.3) is 5.66 Å². The number of aliphatic carboxylic acids is 1. The lowest BCUT2D eigenvalue weighted by molar-refractivity contribution is -0.916. The number of likely N-dealkylation sites (N-methyl/N-ethyl adjacent to an activating group) is 1. The first-order valence-electron chi connectivity index (χ1n) is 9.57. The molecule has 0 radical (unpaired) electrons. The van der Waals surface area contributed by atoms with Gasteiger partial charge >= 0.3 is 5.97 Å². The van der Waals surface area contributed by atoms with Gasteiger partial charge in [0.05, 0.1) is 21.1 Å². The van der Waals surface area contributed by atoms with E-state index in [-0.39, 0.29) is 10.4 Å². The van der Waals surface area contributed by atoms with Crippen LogP contribution >= 0.6 is 0 Å². The van der Waals surface area contributed by atoms with Crippen molar-refractivity contribution in [3.63, 3.8) is 0 Å². The number of carboxylic acid groups (broad SMARTS) is 1. The van der Waals surface area contributed by atoms with Gasteiger partial charge in [0, 0.05) is 12.8 Å². The minimum Gasteiger partial charge on any atom is -0.475 e. The van der Waals surface area contributed by atoms with E-state index in [1.807, 2.05) is 0 Å². The van der Waals surface area contributed by atoms with E-state index in [9.17, 15) is 14.7 Å². The number of quaternary nitrogens is 1. The summed E-state index contributed by atoms with van der Waals surface area (Å²) < 4.78 is 0.169. The van der Waals surface area contributed by atoms with Crippen molar-refractivity contribution in [1.82, 2.24) is 5.32 Å². The van der Waals surface area contributed by atoms with E-state index >= 15 is 0 Å². The fourth-order valence-electron chi connectivity index (χ4n) is 3.11. The van der Waals surface area contributed by atoms with Gasteiger partial charge in [-0.1, -0.05) is 65.2 Å². The van der Waals surface area contributed by atoms with E-state index in [4.69, 9.17) is 0 Å². The Kier molecular flexibility index (Phi) is 10.9. The molecule has 0 rings (SSSR count). The van der Waals surface area contributed by atoms with Crippen LogP contribution in [0.4, 0.5) is 0 Å². The van der Waals surface area contributed by atoms with Crippen molar-refractivity contribution in [2.75, 3.05) is 21.1 Å². The third-order valence-electron chi connectivity index (χ3n) is 4.86. The molecule has 1 amide bonds. The SMILES string of the molecule is CCCCCCCCCCCC(=O)NC(CC)(C(=O)O)[N+](C)(C)C. The lowest BCUT2D eigenvalue weighted by atomic mass is 10.0. The number of amides is 1. The molecule has 5 nitrogen and oxygen atoms in total. The van der Waals surface area contributed by atoms with Crippen LogP contribution in [-0.4, -0.2) is 48.3 Å². The molecule has 24 heavy (non-hydrogen) atoms. The number of carbonyl (C=O) groups excluding carboxylic acids is 1. The highest BCUT2D eigenvalue weighted by molar-refractivity contribution is 5.85. The number of rotatable bonds is 14. The highest BCUT2D eigenvalue weighted by Gasteiger charge is 2.50. The first-order valence-corrected chi connectivity index (χ1v) is 9.57. The van der Waals surface area contributed by atoms with Crippen molar-refractivity contribution < 1.29 is 19.2 Å². The van der Waals surface area contributed by atoms with Gasteiger partial charge < -0.3 is 5.11 Å². The van der Waals surface area contributed by atoms with Crippen LogP contribution in [0.2, 0.25) is 0 Å². The van der Waals surface area contributed by atoms with E-state index in [0.717, 1.165) is 19.3 Å². The minimum absolute atomic E-state index is 0.157. The predicted octanol–water partition coefficient (Wildman–Crippen LogP) is 3.92. The standard InChI is InChI=1S/C19H38N2O3/c1-6-8-9-10-11-12-13-14-15-16-17(22)20-19(7-2,18(23)24)21(3,4)5/h6-16H2,1-5H3,(H-,20,22,23,24)/p+1. The van der Waals surface area contributed by atoms with Crippen molar-refractivity contribution in [1.29, 1.82) is 0 Å². The van der Waals surface area contributed by atoms with E-state index in [0.29, 0.717) is 12.8 Å². The average molecular weight is 344 g/mol. The molecule has 0 aliphatic carbocycles. The van der Waals surface area contributed by atoms with Gasteiger partial charge in [-0.2, -0.15) is 0 Å². The molecule has 0 aromatic carbocycles. The molecule has 142 valence electrons. The minimum atomic E-state index is -1.25. The maximum absolute atomic E-state index is 12.2. The number of nitrogens with one attached hydrogen (secondary N) is 1. The molecular weight excluding hydrogens is 304 g/mol. The average Bonchev–Trinajstić information content (AvgIpc) is 2.49. The summed E-state index contributed by atoms with van der Waals surface area (Å²) in [7, 11) is 5.41. The summed E-state index contributed by atoms with van der Waals surface area (Å²) in [4.78, 5) is 23.9. The zero-order valence-electron chi connectivity index (χ0n) is 16.5. The third-order valence-corrected chi connectivity index (χ3v) is 4.86. The lowest BCUT2D eigenvalue weighted by Gasteiger charge is -2.42. The monoisotopic (exact) mass is 343 g/mol. The van der Waals surface area contributed by atoms with Crippen molar-refractivity contribution in [3.05, 3.63) is 0 Å². The van der Waals surface area contributed by atoms with Gasteiger partial charge in [0.1, 0.15) is 0 Å².